The fraction of sp³-hybridized carbons (Fsp3) is 1.00. The Morgan fingerprint density at radius 1 is 1.22 bits per heavy atom. The minimum Gasteiger partial charge on any atom is -0.326 e. The monoisotopic (exact) mass is 265 g/mol. The molecule has 106 valence electrons. The molecule has 3 nitrogen and oxygen atoms in total. The molecule has 2 atom stereocenters. The van der Waals surface area contributed by atoms with Gasteiger partial charge in [0.15, 0.2) is 0 Å². The van der Waals surface area contributed by atoms with Gasteiger partial charge in [-0.2, -0.15) is 13.2 Å². The molecule has 0 unspecified atom stereocenters. The second-order valence-corrected chi connectivity index (χ2v) is 5.68. The van der Waals surface area contributed by atoms with Crippen LogP contribution in [-0.2, 0) is 0 Å². The number of nitrogens with zero attached hydrogens (tertiary/aromatic N) is 2. The molecule has 1 saturated carbocycles. The molecule has 1 saturated heterocycles. The molecule has 0 aromatic rings. The topological polar surface area (TPSA) is 32.5 Å². The van der Waals surface area contributed by atoms with Crippen LogP contribution >= 0.6 is 0 Å². The van der Waals surface area contributed by atoms with Crippen molar-refractivity contribution in [3.63, 3.8) is 0 Å². The highest BCUT2D eigenvalue weighted by Gasteiger charge is 2.42. The van der Waals surface area contributed by atoms with Gasteiger partial charge in [0, 0.05) is 31.2 Å². The standard InChI is InChI=1S/C12H22F3N3/c1-17-6-9(7-17)18(8-12(13,14)15)11-5-3-2-4-10(11)16/h9-11H,2-8,16H2,1H3/t10-,11-/m0/s1. The van der Waals surface area contributed by atoms with Crippen LogP contribution in [0.15, 0.2) is 0 Å². The molecule has 2 fully saturated rings. The number of likely N-dealkylation sites (tertiary alicyclic amines) is 1. The maximum Gasteiger partial charge on any atom is 0.401 e. The first-order chi connectivity index (χ1) is 8.37. The van der Waals surface area contributed by atoms with Crippen LogP contribution in [0.25, 0.3) is 0 Å². The summed E-state index contributed by atoms with van der Waals surface area (Å²) in [6.45, 7) is 0.627. The zero-order chi connectivity index (χ0) is 13.3. The van der Waals surface area contributed by atoms with Crippen molar-refractivity contribution in [2.75, 3.05) is 26.7 Å². The van der Waals surface area contributed by atoms with Crippen molar-refractivity contribution in [2.45, 2.75) is 50.0 Å². The van der Waals surface area contributed by atoms with Crippen LogP contribution in [0, 0.1) is 0 Å². The molecule has 2 N–H and O–H groups in total. The highest BCUT2D eigenvalue weighted by atomic mass is 19.4. The largest absolute Gasteiger partial charge is 0.401 e. The molecule has 2 aliphatic rings. The van der Waals surface area contributed by atoms with Gasteiger partial charge < -0.3 is 10.6 Å². The van der Waals surface area contributed by atoms with Crippen LogP contribution < -0.4 is 5.73 Å². The lowest BCUT2D eigenvalue weighted by Gasteiger charge is -2.49. The summed E-state index contributed by atoms with van der Waals surface area (Å²) in [6.07, 6.45) is -0.443. The van der Waals surface area contributed by atoms with Gasteiger partial charge in [0.25, 0.3) is 0 Å². The third-order valence-corrected chi connectivity index (χ3v) is 4.08. The summed E-state index contributed by atoms with van der Waals surface area (Å²) in [6, 6.07) is -0.183. The van der Waals surface area contributed by atoms with Crippen molar-refractivity contribution in [3.8, 4) is 0 Å². The van der Waals surface area contributed by atoms with Gasteiger partial charge in [-0.1, -0.05) is 12.8 Å². The number of rotatable bonds is 3. The zero-order valence-electron chi connectivity index (χ0n) is 10.8. The lowest BCUT2D eigenvalue weighted by molar-refractivity contribution is -0.166. The summed E-state index contributed by atoms with van der Waals surface area (Å²) in [7, 11) is 1.93. The van der Waals surface area contributed by atoms with Crippen molar-refractivity contribution in [1.82, 2.24) is 9.80 Å². The molecule has 2 rings (SSSR count). The second-order valence-electron chi connectivity index (χ2n) is 5.68. The Kier molecular flexibility index (Phi) is 4.18. The van der Waals surface area contributed by atoms with Crippen LogP contribution in [0.1, 0.15) is 25.7 Å². The van der Waals surface area contributed by atoms with Crippen molar-refractivity contribution >= 4 is 0 Å². The van der Waals surface area contributed by atoms with Gasteiger partial charge in [-0.05, 0) is 19.9 Å². The Bertz CT molecular complexity index is 276. The molecular weight excluding hydrogens is 243 g/mol. The number of hydrogen-bond acceptors (Lipinski definition) is 3. The third-order valence-electron chi connectivity index (χ3n) is 4.08. The van der Waals surface area contributed by atoms with E-state index in [1.807, 2.05) is 11.9 Å². The molecule has 0 amide bonds. The molecule has 0 spiro atoms. The summed E-state index contributed by atoms with van der Waals surface area (Å²) < 4.78 is 38.1. The van der Waals surface area contributed by atoms with Gasteiger partial charge in [0.1, 0.15) is 0 Å². The molecule has 0 bridgehead atoms. The molecule has 18 heavy (non-hydrogen) atoms. The smallest absolute Gasteiger partial charge is 0.326 e. The van der Waals surface area contributed by atoms with Crippen LogP contribution in [0.5, 0.6) is 0 Å². The lowest BCUT2D eigenvalue weighted by atomic mass is 9.88. The Balaban J connectivity index is 2.03. The minimum absolute atomic E-state index is 0.0192. The van der Waals surface area contributed by atoms with E-state index in [-0.39, 0.29) is 18.1 Å². The van der Waals surface area contributed by atoms with Crippen molar-refractivity contribution in [3.05, 3.63) is 0 Å². The molecule has 1 heterocycles. The highest BCUT2D eigenvalue weighted by Crippen LogP contribution is 2.29. The Labute approximate surface area is 106 Å². The first kappa shape index (κ1) is 14.1. The van der Waals surface area contributed by atoms with Gasteiger partial charge in [-0.3, -0.25) is 4.90 Å². The SMILES string of the molecule is CN1CC(N(CC(F)(F)F)[C@H]2CCCC[C@@H]2N)C1. The highest BCUT2D eigenvalue weighted by molar-refractivity contribution is 4.95. The van der Waals surface area contributed by atoms with Gasteiger partial charge in [-0.15, -0.1) is 0 Å². The zero-order valence-corrected chi connectivity index (χ0v) is 10.8. The maximum atomic E-state index is 12.7. The molecule has 1 aliphatic carbocycles. The minimum atomic E-state index is -4.13. The van der Waals surface area contributed by atoms with E-state index in [4.69, 9.17) is 5.73 Å². The molecule has 0 aromatic heterocycles. The average Bonchev–Trinajstić information content (AvgIpc) is 2.22. The fourth-order valence-corrected chi connectivity index (χ4v) is 3.15. The van der Waals surface area contributed by atoms with Gasteiger partial charge >= 0.3 is 6.18 Å². The third kappa shape index (κ3) is 3.36. The van der Waals surface area contributed by atoms with Crippen molar-refractivity contribution in [1.29, 1.82) is 0 Å². The second kappa shape index (κ2) is 5.35. The van der Waals surface area contributed by atoms with Gasteiger partial charge in [0.05, 0.1) is 6.54 Å². The summed E-state index contributed by atoms with van der Waals surface area (Å²) in [5, 5.41) is 0. The molecule has 6 heteroatoms. The predicted octanol–water partition coefficient (Wildman–Crippen LogP) is 1.43. The number of likely N-dealkylation sites (N-methyl/N-ethyl adjacent to an activating group) is 1. The van der Waals surface area contributed by atoms with Crippen molar-refractivity contribution < 1.29 is 13.2 Å². The molecular formula is C12H22F3N3. The summed E-state index contributed by atoms with van der Waals surface area (Å²) in [4.78, 5) is 3.66. The van der Waals surface area contributed by atoms with E-state index in [0.29, 0.717) is 0 Å². The predicted molar refractivity (Wildman–Crippen MR) is 64.3 cm³/mol. The Morgan fingerprint density at radius 3 is 2.33 bits per heavy atom. The summed E-state index contributed by atoms with van der Waals surface area (Å²) in [5.74, 6) is 0. The van der Waals surface area contributed by atoms with Crippen molar-refractivity contribution in [2.24, 2.45) is 5.73 Å². The number of nitrogens with two attached hydrogens (primary N) is 1. The van der Waals surface area contributed by atoms with Crippen LogP contribution in [0.2, 0.25) is 0 Å². The molecule has 0 aromatic carbocycles. The van der Waals surface area contributed by atoms with Gasteiger partial charge in [0.2, 0.25) is 0 Å². The average molecular weight is 265 g/mol. The fourth-order valence-electron chi connectivity index (χ4n) is 3.15. The Morgan fingerprint density at radius 2 is 1.83 bits per heavy atom. The van der Waals surface area contributed by atoms with E-state index in [1.165, 1.54) is 0 Å². The first-order valence-electron chi connectivity index (χ1n) is 6.63. The van der Waals surface area contributed by atoms with Crippen LogP contribution in [0.4, 0.5) is 13.2 Å². The first-order valence-corrected chi connectivity index (χ1v) is 6.63. The number of hydrogen-bond donors (Lipinski definition) is 1. The van der Waals surface area contributed by atoms with E-state index < -0.39 is 12.7 Å². The summed E-state index contributed by atoms with van der Waals surface area (Å²) in [5.41, 5.74) is 6.03. The van der Waals surface area contributed by atoms with E-state index in [0.717, 1.165) is 38.8 Å². The number of alkyl halides is 3. The lowest BCUT2D eigenvalue weighted by Crippen LogP contribution is -2.65. The van der Waals surface area contributed by atoms with Gasteiger partial charge in [-0.25, -0.2) is 0 Å². The number of halogens is 3. The van der Waals surface area contributed by atoms with E-state index in [1.54, 1.807) is 4.90 Å². The van der Waals surface area contributed by atoms with Crippen LogP contribution in [0.3, 0.4) is 0 Å². The van der Waals surface area contributed by atoms with E-state index >= 15 is 0 Å². The van der Waals surface area contributed by atoms with E-state index in [9.17, 15) is 13.2 Å². The van der Waals surface area contributed by atoms with E-state index in [2.05, 4.69) is 0 Å². The van der Waals surface area contributed by atoms with Crippen LogP contribution in [-0.4, -0.2) is 60.8 Å². The maximum absolute atomic E-state index is 12.7. The normalized spacial score (nSPS) is 31.7. The Hall–Kier alpha value is -0.330. The molecule has 0 radical (unpaired) electrons. The molecule has 1 aliphatic heterocycles. The summed E-state index contributed by atoms with van der Waals surface area (Å²) >= 11 is 0. The quantitative estimate of drug-likeness (QED) is 0.838.